The molecule has 2 aromatic carbocycles. The Morgan fingerprint density at radius 3 is 2.24 bits per heavy atom. The van der Waals surface area contributed by atoms with Crippen LogP contribution in [0, 0.1) is 25.5 Å². The van der Waals surface area contributed by atoms with Crippen molar-refractivity contribution >= 4 is 5.78 Å². The maximum absolute atomic E-state index is 13.2. The summed E-state index contributed by atoms with van der Waals surface area (Å²) in [6, 6.07) is 6.76. The summed E-state index contributed by atoms with van der Waals surface area (Å²) >= 11 is 0. The molecule has 2 aromatic rings. The van der Waals surface area contributed by atoms with Crippen molar-refractivity contribution in [3.63, 3.8) is 0 Å². The van der Waals surface area contributed by atoms with Crippen molar-refractivity contribution in [3.05, 3.63) is 64.2 Å². The molecule has 4 heteroatoms. The van der Waals surface area contributed by atoms with Crippen LogP contribution in [-0.2, 0) is 6.42 Å². The number of rotatable bonds is 4. The smallest absolute Gasteiger partial charge is 0.171 e. The number of hydrogen-bond acceptors (Lipinski definition) is 2. The molecule has 0 bridgehead atoms. The van der Waals surface area contributed by atoms with Gasteiger partial charge in [0.05, 0.1) is 12.7 Å². The minimum absolute atomic E-state index is 0.0745. The number of hydrogen-bond donors (Lipinski definition) is 0. The molecule has 110 valence electrons. The van der Waals surface area contributed by atoms with Gasteiger partial charge in [-0.05, 0) is 48.7 Å². The van der Waals surface area contributed by atoms with Crippen LogP contribution in [0.15, 0.2) is 30.3 Å². The summed E-state index contributed by atoms with van der Waals surface area (Å²) in [6.07, 6.45) is -0.0745. The number of carbonyl (C=O) groups excluding carboxylic acids is 1. The Morgan fingerprint density at radius 2 is 1.67 bits per heavy atom. The van der Waals surface area contributed by atoms with Crippen LogP contribution in [0.1, 0.15) is 27.0 Å². The minimum atomic E-state index is -0.689. The first kappa shape index (κ1) is 15.2. The minimum Gasteiger partial charge on any atom is -0.496 e. The summed E-state index contributed by atoms with van der Waals surface area (Å²) in [5, 5.41) is 0. The number of halogens is 2. The van der Waals surface area contributed by atoms with Gasteiger partial charge in [0.1, 0.15) is 17.4 Å². The normalized spacial score (nSPS) is 10.5. The Morgan fingerprint density at radius 1 is 1.05 bits per heavy atom. The molecule has 0 unspecified atom stereocenters. The molecule has 0 amide bonds. The van der Waals surface area contributed by atoms with Crippen LogP contribution in [-0.4, -0.2) is 12.9 Å². The molecule has 2 nitrogen and oxygen atoms in total. The second kappa shape index (κ2) is 6.04. The number of benzene rings is 2. The van der Waals surface area contributed by atoms with Gasteiger partial charge in [-0.2, -0.15) is 0 Å². The molecule has 0 aliphatic heterocycles. The van der Waals surface area contributed by atoms with Crippen molar-refractivity contribution in [2.24, 2.45) is 0 Å². The first-order chi connectivity index (χ1) is 9.90. The van der Waals surface area contributed by atoms with Gasteiger partial charge in [0, 0.05) is 12.5 Å². The van der Waals surface area contributed by atoms with Gasteiger partial charge in [-0.15, -0.1) is 0 Å². The fourth-order valence-corrected chi connectivity index (χ4v) is 2.43. The molecular formula is C17H16F2O2. The van der Waals surface area contributed by atoms with E-state index in [1.54, 1.807) is 6.07 Å². The SMILES string of the molecule is COc1cc(C)cc(C)c1C(=O)Cc1cc(F)cc(F)c1. The average molecular weight is 290 g/mol. The number of ketones is 1. The van der Waals surface area contributed by atoms with Gasteiger partial charge in [0.25, 0.3) is 0 Å². The van der Waals surface area contributed by atoms with Crippen molar-refractivity contribution in [3.8, 4) is 5.75 Å². The van der Waals surface area contributed by atoms with E-state index in [4.69, 9.17) is 4.74 Å². The molecule has 0 radical (unpaired) electrons. The Labute approximate surface area is 122 Å². The fourth-order valence-electron chi connectivity index (χ4n) is 2.43. The molecule has 0 heterocycles. The largest absolute Gasteiger partial charge is 0.496 e. The zero-order valence-corrected chi connectivity index (χ0v) is 12.2. The van der Waals surface area contributed by atoms with Crippen LogP contribution >= 0.6 is 0 Å². The van der Waals surface area contributed by atoms with E-state index in [9.17, 15) is 13.6 Å². The quantitative estimate of drug-likeness (QED) is 0.795. The van der Waals surface area contributed by atoms with Crippen LogP contribution in [0.4, 0.5) is 8.78 Å². The predicted molar refractivity (Wildman–Crippen MR) is 76.9 cm³/mol. The van der Waals surface area contributed by atoms with Gasteiger partial charge in [-0.3, -0.25) is 4.79 Å². The van der Waals surface area contributed by atoms with Gasteiger partial charge >= 0.3 is 0 Å². The molecule has 0 aliphatic rings. The Balaban J connectivity index is 2.36. The first-order valence-corrected chi connectivity index (χ1v) is 6.54. The standard InChI is InChI=1S/C17H16F2O2/c1-10-4-11(2)17(16(5-10)21-3)15(20)8-12-6-13(18)9-14(19)7-12/h4-7,9H,8H2,1-3H3. The maximum Gasteiger partial charge on any atom is 0.171 e. The van der Waals surface area contributed by atoms with E-state index in [1.807, 2.05) is 19.9 Å². The molecule has 0 fully saturated rings. The van der Waals surface area contributed by atoms with Crippen LogP contribution < -0.4 is 4.74 Å². The van der Waals surface area contributed by atoms with Crippen LogP contribution in [0.3, 0.4) is 0 Å². The monoisotopic (exact) mass is 290 g/mol. The Hall–Kier alpha value is -2.23. The van der Waals surface area contributed by atoms with Crippen molar-refractivity contribution in [1.82, 2.24) is 0 Å². The van der Waals surface area contributed by atoms with E-state index in [1.165, 1.54) is 7.11 Å². The van der Waals surface area contributed by atoms with Crippen LogP contribution in [0.2, 0.25) is 0 Å². The lowest BCUT2D eigenvalue weighted by atomic mass is 9.96. The topological polar surface area (TPSA) is 26.3 Å². The van der Waals surface area contributed by atoms with Gasteiger partial charge < -0.3 is 4.74 Å². The number of Topliss-reactive ketones (excluding diaryl/α,β-unsaturated/α-hetero) is 1. The molecular weight excluding hydrogens is 274 g/mol. The van der Waals surface area contributed by atoms with Crippen molar-refractivity contribution in [2.45, 2.75) is 20.3 Å². The lowest BCUT2D eigenvalue weighted by Crippen LogP contribution is -2.09. The third-order valence-corrected chi connectivity index (χ3v) is 3.23. The molecule has 21 heavy (non-hydrogen) atoms. The fraction of sp³-hybridized carbons (Fsp3) is 0.235. The maximum atomic E-state index is 13.2. The zero-order chi connectivity index (χ0) is 15.6. The highest BCUT2D eigenvalue weighted by Crippen LogP contribution is 2.26. The molecule has 0 aliphatic carbocycles. The van der Waals surface area contributed by atoms with E-state index in [-0.39, 0.29) is 12.2 Å². The summed E-state index contributed by atoms with van der Waals surface area (Å²) in [6.45, 7) is 3.72. The number of carbonyl (C=O) groups is 1. The van der Waals surface area contributed by atoms with E-state index >= 15 is 0 Å². The number of aryl methyl sites for hydroxylation is 2. The lowest BCUT2D eigenvalue weighted by Gasteiger charge is -2.12. The second-order valence-corrected chi connectivity index (χ2v) is 5.04. The van der Waals surface area contributed by atoms with Gasteiger partial charge in [0.2, 0.25) is 0 Å². The van der Waals surface area contributed by atoms with Crippen molar-refractivity contribution in [1.29, 1.82) is 0 Å². The predicted octanol–water partition coefficient (Wildman–Crippen LogP) is 4.02. The number of methoxy groups -OCH3 is 1. The Bertz CT molecular complexity index is 673. The number of ether oxygens (including phenoxy) is 1. The third kappa shape index (κ3) is 3.45. The van der Waals surface area contributed by atoms with Crippen molar-refractivity contribution < 1.29 is 18.3 Å². The molecule has 0 spiro atoms. The highest BCUT2D eigenvalue weighted by Gasteiger charge is 2.17. The van der Waals surface area contributed by atoms with E-state index in [0.717, 1.165) is 29.3 Å². The average Bonchev–Trinajstić information content (AvgIpc) is 2.35. The molecule has 0 N–H and O–H groups in total. The summed E-state index contributed by atoms with van der Waals surface area (Å²) in [7, 11) is 1.49. The molecule has 0 atom stereocenters. The van der Waals surface area contributed by atoms with Crippen LogP contribution in [0.25, 0.3) is 0 Å². The summed E-state index contributed by atoms with van der Waals surface area (Å²) < 4.78 is 31.6. The zero-order valence-electron chi connectivity index (χ0n) is 12.2. The Kier molecular flexibility index (Phi) is 4.36. The summed E-state index contributed by atoms with van der Waals surface area (Å²) in [5.41, 5.74) is 2.53. The van der Waals surface area contributed by atoms with Crippen molar-refractivity contribution in [2.75, 3.05) is 7.11 Å². The molecule has 0 aromatic heterocycles. The van der Waals surface area contributed by atoms with E-state index in [0.29, 0.717) is 16.9 Å². The summed E-state index contributed by atoms with van der Waals surface area (Å²) in [4.78, 5) is 12.4. The van der Waals surface area contributed by atoms with Crippen LogP contribution in [0.5, 0.6) is 5.75 Å². The van der Waals surface area contributed by atoms with E-state index < -0.39 is 11.6 Å². The van der Waals surface area contributed by atoms with E-state index in [2.05, 4.69) is 0 Å². The first-order valence-electron chi connectivity index (χ1n) is 6.54. The van der Waals surface area contributed by atoms with Gasteiger partial charge in [-0.25, -0.2) is 8.78 Å². The highest BCUT2D eigenvalue weighted by molar-refractivity contribution is 6.01. The molecule has 0 saturated carbocycles. The van der Waals surface area contributed by atoms with Gasteiger partial charge in [-0.1, -0.05) is 6.07 Å². The third-order valence-electron chi connectivity index (χ3n) is 3.23. The molecule has 0 saturated heterocycles. The second-order valence-electron chi connectivity index (χ2n) is 5.04. The van der Waals surface area contributed by atoms with Gasteiger partial charge in [0.15, 0.2) is 5.78 Å². The lowest BCUT2D eigenvalue weighted by molar-refractivity contribution is 0.0989. The molecule has 2 rings (SSSR count). The summed E-state index contributed by atoms with van der Waals surface area (Å²) in [5.74, 6) is -1.13. The highest BCUT2D eigenvalue weighted by atomic mass is 19.1.